The van der Waals surface area contributed by atoms with Gasteiger partial charge in [-0.25, -0.2) is 4.39 Å². The number of rotatable bonds is 2. The first-order valence-electron chi connectivity index (χ1n) is 5.16. The second-order valence-corrected chi connectivity index (χ2v) is 3.99. The summed E-state index contributed by atoms with van der Waals surface area (Å²) in [5, 5.41) is 0. The zero-order valence-electron chi connectivity index (χ0n) is 8.69. The predicted octanol–water partition coefficient (Wildman–Crippen LogP) is 1.65. The van der Waals surface area contributed by atoms with Crippen LogP contribution in [0.4, 0.5) is 4.39 Å². The molecule has 2 heterocycles. The zero-order valence-corrected chi connectivity index (χ0v) is 8.69. The van der Waals surface area contributed by atoms with Crippen LogP contribution in [0.2, 0.25) is 0 Å². The molecule has 0 spiro atoms. The van der Waals surface area contributed by atoms with E-state index in [0.29, 0.717) is 0 Å². The van der Waals surface area contributed by atoms with Crippen molar-refractivity contribution in [1.29, 1.82) is 0 Å². The fourth-order valence-corrected chi connectivity index (χ4v) is 2.08. The average Bonchev–Trinajstić information content (AvgIpc) is 2.63. The number of hydrogen-bond donors (Lipinski definition) is 1. The topological polar surface area (TPSA) is 48.1 Å². The van der Waals surface area contributed by atoms with Crippen molar-refractivity contribution in [2.24, 2.45) is 11.7 Å². The summed E-state index contributed by atoms with van der Waals surface area (Å²) in [6, 6.07) is 1.26. The molecule has 1 saturated heterocycles. The van der Waals surface area contributed by atoms with Crippen molar-refractivity contribution in [3.8, 4) is 0 Å². The maximum Gasteiger partial charge on any atom is 0.141 e. The van der Waals surface area contributed by atoms with E-state index in [1.165, 1.54) is 12.3 Å². The van der Waals surface area contributed by atoms with Gasteiger partial charge in [-0.05, 0) is 25.0 Å². The first-order chi connectivity index (χ1) is 7.18. The molecule has 1 aliphatic heterocycles. The highest BCUT2D eigenvalue weighted by atomic mass is 19.1. The van der Waals surface area contributed by atoms with Gasteiger partial charge in [0.05, 0.1) is 12.3 Å². The molecule has 0 radical (unpaired) electrons. The maximum absolute atomic E-state index is 13.0. The third-order valence-corrected chi connectivity index (χ3v) is 3.01. The molecule has 0 aromatic carbocycles. The van der Waals surface area contributed by atoms with Gasteiger partial charge >= 0.3 is 0 Å². The first kappa shape index (κ1) is 10.5. The molecule has 3 unspecified atom stereocenters. The minimum Gasteiger partial charge on any atom is -0.378 e. The fourth-order valence-electron chi connectivity index (χ4n) is 2.08. The Morgan fingerprint density at radius 1 is 1.60 bits per heavy atom. The summed E-state index contributed by atoms with van der Waals surface area (Å²) >= 11 is 0. The quantitative estimate of drug-likeness (QED) is 0.807. The Bertz CT molecular complexity index is 345. The van der Waals surface area contributed by atoms with Gasteiger partial charge in [0.2, 0.25) is 0 Å². The van der Waals surface area contributed by atoms with Gasteiger partial charge in [0.15, 0.2) is 0 Å². The van der Waals surface area contributed by atoms with E-state index in [0.717, 1.165) is 18.6 Å². The van der Waals surface area contributed by atoms with E-state index in [-0.39, 0.29) is 23.9 Å². The number of nitrogens with zero attached hydrogens (tertiary/aromatic N) is 1. The van der Waals surface area contributed by atoms with Crippen LogP contribution in [-0.4, -0.2) is 17.7 Å². The number of pyridine rings is 1. The minimum absolute atomic E-state index is 0.142. The van der Waals surface area contributed by atoms with Gasteiger partial charge in [0, 0.05) is 24.8 Å². The molecular formula is C11H15FN2O. The van der Waals surface area contributed by atoms with Crippen molar-refractivity contribution in [3.63, 3.8) is 0 Å². The molecule has 0 aliphatic carbocycles. The van der Waals surface area contributed by atoms with Gasteiger partial charge in [-0.2, -0.15) is 0 Å². The number of hydrogen-bond acceptors (Lipinski definition) is 3. The lowest BCUT2D eigenvalue weighted by Gasteiger charge is -2.21. The Hall–Kier alpha value is -1.00. The molecule has 3 nitrogen and oxygen atoms in total. The molecule has 3 atom stereocenters. The summed E-state index contributed by atoms with van der Waals surface area (Å²) in [7, 11) is 0. The highest BCUT2D eigenvalue weighted by Gasteiger charge is 2.30. The molecule has 1 aromatic heterocycles. The van der Waals surface area contributed by atoms with Gasteiger partial charge < -0.3 is 10.5 Å². The van der Waals surface area contributed by atoms with Gasteiger partial charge in [0.1, 0.15) is 5.82 Å². The lowest BCUT2D eigenvalue weighted by atomic mass is 9.90. The van der Waals surface area contributed by atoms with Gasteiger partial charge in [-0.3, -0.25) is 4.98 Å². The number of aromatic nitrogens is 1. The second-order valence-electron chi connectivity index (χ2n) is 3.99. The predicted molar refractivity (Wildman–Crippen MR) is 54.6 cm³/mol. The highest BCUT2D eigenvalue weighted by molar-refractivity contribution is 5.16. The van der Waals surface area contributed by atoms with Gasteiger partial charge in [-0.1, -0.05) is 0 Å². The van der Waals surface area contributed by atoms with Crippen molar-refractivity contribution in [3.05, 3.63) is 29.8 Å². The number of halogens is 1. The normalized spacial score (nSPS) is 27.9. The SMILES string of the molecule is CC1OCCC1C(N)c1cncc(F)c1. The zero-order chi connectivity index (χ0) is 10.8. The van der Waals surface area contributed by atoms with Crippen molar-refractivity contribution >= 4 is 0 Å². The van der Waals surface area contributed by atoms with E-state index in [2.05, 4.69) is 4.98 Å². The van der Waals surface area contributed by atoms with E-state index >= 15 is 0 Å². The summed E-state index contributed by atoms with van der Waals surface area (Å²) in [6.45, 7) is 2.74. The van der Waals surface area contributed by atoms with Crippen molar-refractivity contribution in [1.82, 2.24) is 4.98 Å². The summed E-state index contributed by atoms with van der Waals surface area (Å²) in [4.78, 5) is 3.81. The minimum atomic E-state index is -0.338. The molecule has 2 rings (SSSR count). The molecule has 1 aliphatic rings. The Morgan fingerprint density at radius 3 is 3.00 bits per heavy atom. The smallest absolute Gasteiger partial charge is 0.141 e. The molecule has 82 valence electrons. The Kier molecular flexibility index (Phi) is 2.98. The average molecular weight is 210 g/mol. The Balaban J connectivity index is 2.16. The third-order valence-electron chi connectivity index (χ3n) is 3.01. The molecule has 1 fully saturated rings. The summed E-state index contributed by atoms with van der Waals surface area (Å²) in [5.74, 6) is -0.0804. The Labute approximate surface area is 88.5 Å². The van der Waals surface area contributed by atoms with Crippen LogP contribution in [0, 0.1) is 11.7 Å². The molecular weight excluding hydrogens is 195 g/mol. The van der Waals surface area contributed by atoms with E-state index in [9.17, 15) is 4.39 Å². The lowest BCUT2D eigenvalue weighted by molar-refractivity contribution is 0.0994. The largest absolute Gasteiger partial charge is 0.378 e. The number of ether oxygens (including phenoxy) is 1. The lowest BCUT2D eigenvalue weighted by Crippen LogP contribution is -2.26. The third kappa shape index (κ3) is 2.16. The van der Waals surface area contributed by atoms with Crippen LogP contribution < -0.4 is 5.73 Å². The van der Waals surface area contributed by atoms with Crippen LogP contribution in [-0.2, 0) is 4.74 Å². The molecule has 0 saturated carbocycles. The van der Waals surface area contributed by atoms with Crippen molar-refractivity contribution in [2.45, 2.75) is 25.5 Å². The monoisotopic (exact) mass is 210 g/mol. The van der Waals surface area contributed by atoms with Crippen molar-refractivity contribution in [2.75, 3.05) is 6.61 Å². The maximum atomic E-state index is 13.0. The van der Waals surface area contributed by atoms with Crippen LogP contribution in [0.25, 0.3) is 0 Å². The van der Waals surface area contributed by atoms with E-state index in [1.54, 1.807) is 6.20 Å². The van der Waals surface area contributed by atoms with E-state index in [1.807, 2.05) is 6.92 Å². The van der Waals surface area contributed by atoms with Crippen LogP contribution in [0.1, 0.15) is 24.9 Å². The molecule has 0 bridgehead atoms. The summed E-state index contributed by atoms with van der Waals surface area (Å²) < 4.78 is 18.4. The molecule has 0 amide bonds. The van der Waals surface area contributed by atoms with Crippen LogP contribution in [0.15, 0.2) is 18.5 Å². The standard InChI is InChI=1S/C11H15FN2O/c1-7-10(2-3-15-7)11(13)8-4-9(12)6-14-5-8/h4-7,10-11H,2-3,13H2,1H3. The second kappa shape index (κ2) is 4.24. The van der Waals surface area contributed by atoms with E-state index < -0.39 is 0 Å². The molecule has 2 N–H and O–H groups in total. The van der Waals surface area contributed by atoms with Crippen LogP contribution in [0.3, 0.4) is 0 Å². The van der Waals surface area contributed by atoms with Gasteiger partial charge in [-0.15, -0.1) is 0 Å². The fraction of sp³-hybridized carbons (Fsp3) is 0.545. The summed E-state index contributed by atoms with van der Waals surface area (Å²) in [5.41, 5.74) is 6.82. The summed E-state index contributed by atoms with van der Waals surface area (Å²) in [6.07, 6.45) is 3.88. The van der Waals surface area contributed by atoms with E-state index in [4.69, 9.17) is 10.5 Å². The van der Waals surface area contributed by atoms with Crippen LogP contribution in [0.5, 0.6) is 0 Å². The highest BCUT2D eigenvalue weighted by Crippen LogP contribution is 2.31. The Morgan fingerprint density at radius 2 is 2.40 bits per heavy atom. The van der Waals surface area contributed by atoms with Gasteiger partial charge in [0.25, 0.3) is 0 Å². The number of nitrogens with two attached hydrogens (primary N) is 1. The molecule has 1 aromatic rings. The van der Waals surface area contributed by atoms with Crippen molar-refractivity contribution < 1.29 is 9.13 Å². The molecule has 15 heavy (non-hydrogen) atoms. The molecule has 4 heteroatoms. The van der Waals surface area contributed by atoms with Crippen LogP contribution >= 0.6 is 0 Å². The first-order valence-corrected chi connectivity index (χ1v) is 5.16.